The van der Waals surface area contributed by atoms with E-state index in [4.69, 9.17) is 23.3 Å². The van der Waals surface area contributed by atoms with Crippen LogP contribution in [0.15, 0.2) is 134 Å². The molecule has 0 aromatic carbocycles. The first-order chi connectivity index (χ1) is 40.2. The van der Waals surface area contributed by atoms with Gasteiger partial charge < -0.3 is 24.2 Å². The number of carbonyl (C=O) groups is 3. The molecule has 0 aromatic rings. The fraction of sp³-hybridized carbons (Fsp3) is 0.643. The molecule has 11 nitrogen and oxygen atoms in total. The van der Waals surface area contributed by atoms with E-state index in [-0.39, 0.29) is 19.3 Å². The lowest BCUT2D eigenvalue weighted by atomic mass is 10.0. The van der Waals surface area contributed by atoms with Crippen LogP contribution in [-0.2, 0) is 42.2 Å². The van der Waals surface area contributed by atoms with Gasteiger partial charge in [0.25, 0.3) is 0 Å². The normalized spacial score (nSPS) is 14.2. The van der Waals surface area contributed by atoms with Crippen LogP contribution in [0.3, 0.4) is 0 Å². The Kier molecular flexibility index (Phi) is 59.3. The molecule has 0 radical (unpaired) electrons. The second-order valence-corrected chi connectivity index (χ2v) is 22.3. The van der Waals surface area contributed by atoms with Crippen molar-refractivity contribution in [3.8, 4) is 0 Å². The number of aliphatic hydroxyl groups is 1. The molecule has 0 bridgehead atoms. The van der Waals surface area contributed by atoms with Crippen LogP contribution in [-0.4, -0.2) is 66.5 Å². The highest BCUT2D eigenvalue weighted by atomic mass is 31.2. The number of allylic oxidation sites excluding steroid dienone is 22. The second kappa shape index (κ2) is 62.7. The standard InChI is InChI=1S/C70H115O11P/c1-4-7-10-13-16-19-22-25-28-31-33-36-38-41-44-47-50-53-56-59-68(72)77-63-67(81-70(74)61-58-55-52-49-46-43-40-37-34-32-29-26-23-20-17-14-11-8-5-2)65-79-82(75,76)78-64-66(62-71)80-69(73)60-57-54-51-48-45-42-39-35-30-27-24-21-18-15-12-9-6-3/h7-8,10-11,16-17,19-20,25-26,28-29,33-34,36-37,41,43-44,46,50,53,66-67,71H,4-6,9,12-15,18,21-24,27,30-32,35,38-40,42,45,47-49,51-52,54-65H2,1-3H3,(H,75,76)/b10-7-,11-8-,19-16-,20-17-,28-25-,29-26-,36-33-,37-34-,44-41-,46-43-,53-50-. The van der Waals surface area contributed by atoms with Crippen molar-refractivity contribution in [1.82, 2.24) is 0 Å². The lowest BCUT2D eigenvalue weighted by Crippen LogP contribution is -2.30. The molecule has 0 aliphatic rings. The average Bonchev–Trinajstić information content (AvgIpc) is 3.47. The van der Waals surface area contributed by atoms with Crippen LogP contribution >= 0.6 is 7.82 Å². The highest BCUT2D eigenvalue weighted by Gasteiger charge is 2.28. The number of unbranched alkanes of at least 4 members (excludes halogenated alkanes) is 19. The third kappa shape index (κ3) is 60.2. The maximum atomic E-state index is 13.0. The number of rotatable bonds is 58. The first-order valence-electron chi connectivity index (χ1n) is 32.1. The number of hydrogen-bond donors (Lipinski definition) is 2. The summed E-state index contributed by atoms with van der Waals surface area (Å²) in [5.74, 6) is -1.61. The predicted octanol–water partition coefficient (Wildman–Crippen LogP) is 19.7. The molecule has 3 atom stereocenters. The molecule has 0 saturated carbocycles. The van der Waals surface area contributed by atoms with Gasteiger partial charge in [0.05, 0.1) is 19.8 Å². The zero-order valence-corrected chi connectivity index (χ0v) is 52.6. The Hall–Kier alpha value is -4.38. The number of phosphoric ester groups is 1. The van der Waals surface area contributed by atoms with Gasteiger partial charge in [-0.1, -0.05) is 264 Å². The molecular formula is C70H115O11P. The van der Waals surface area contributed by atoms with E-state index in [1.807, 2.05) is 12.2 Å². The van der Waals surface area contributed by atoms with E-state index in [9.17, 15) is 28.9 Å². The summed E-state index contributed by atoms with van der Waals surface area (Å²) in [4.78, 5) is 48.7. The van der Waals surface area contributed by atoms with E-state index in [1.54, 1.807) is 0 Å². The van der Waals surface area contributed by atoms with Crippen molar-refractivity contribution < 1.29 is 52.2 Å². The molecule has 12 heteroatoms. The summed E-state index contributed by atoms with van der Waals surface area (Å²) < 4.78 is 39.6. The van der Waals surface area contributed by atoms with Gasteiger partial charge in [-0.2, -0.15) is 0 Å². The number of phosphoric acid groups is 1. The average molecular weight is 1160 g/mol. The van der Waals surface area contributed by atoms with Crippen molar-refractivity contribution in [2.24, 2.45) is 0 Å². The molecule has 0 fully saturated rings. The van der Waals surface area contributed by atoms with E-state index >= 15 is 0 Å². The van der Waals surface area contributed by atoms with Crippen molar-refractivity contribution in [2.45, 2.75) is 264 Å². The topological polar surface area (TPSA) is 155 Å². The highest BCUT2D eigenvalue weighted by Crippen LogP contribution is 2.43. The molecule has 3 unspecified atom stereocenters. The minimum Gasteiger partial charge on any atom is -0.462 e. The Morgan fingerprint density at radius 2 is 0.659 bits per heavy atom. The number of carbonyl (C=O) groups excluding carboxylic acids is 3. The Morgan fingerprint density at radius 3 is 1.02 bits per heavy atom. The van der Waals surface area contributed by atoms with E-state index in [0.29, 0.717) is 19.3 Å². The molecule has 0 amide bonds. The molecule has 0 spiro atoms. The van der Waals surface area contributed by atoms with Gasteiger partial charge in [-0.25, -0.2) is 4.57 Å². The van der Waals surface area contributed by atoms with Gasteiger partial charge in [0.1, 0.15) is 12.7 Å². The van der Waals surface area contributed by atoms with Gasteiger partial charge in [-0.15, -0.1) is 0 Å². The molecule has 0 aromatic heterocycles. The predicted molar refractivity (Wildman–Crippen MR) is 343 cm³/mol. The third-order valence-corrected chi connectivity index (χ3v) is 14.0. The first kappa shape index (κ1) is 77.6. The van der Waals surface area contributed by atoms with Gasteiger partial charge >= 0.3 is 25.7 Å². The Labute approximate surface area is 500 Å². The van der Waals surface area contributed by atoms with Crippen LogP contribution < -0.4 is 0 Å². The van der Waals surface area contributed by atoms with E-state index in [1.165, 1.54) is 83.5 Å². The quantitative estimate of drug-likeness (QED) is 0.0197. The summed E-state index contributed by atoms with van der Waals surface area (Å²) in [6.45, 7) is 4.31. The largest absolute Gasteiger partial charge is 0.472 e. The van der Waals surface area contributed by atoms with Gasteiger partial charge in [0.15, 0.2) is 6.10 Å². The van der Waals surface area contributed by atoms with E-state index in [2.05, 4.69) is 142 Å². The van der Waals surface area contributed by atoms with Crippen molar-refractivity contribution in [2.75, 3.05) is 26.4 Å². The van der Waals surface area contributed by atoms with E-state index in [0.717, 1.165) is 109 Å². The first-order valence-corrected chi connectivity index (χ1v) is 33.6. The molecule has 0 rings (SSSR count). The Balaban J connectivity index is 4.86. The van der Waals surface area contributed by atoms with Crippen LogP contribution in [0.4, 0.5) is 0 Å². The minimum atomic E-state index is -4.79. The van der Waals surface area contributed by atoms with Crippen LogP contribution in [0.1, 0.15) is 252 Å². The summed E-state index contributed by atoms with van der Waals surface area (Å²) in [5.41, 5.74) is 0. The monoisotopic (exact) mass is 1160 g/mol. The lowest BCUT2D eigenvalue weighted by Gasteiger charge is -2.21. The van der Waals surface area contributed by atoms with Gasteiger partial charge in [-0.3, -0.25) is 23.4 Å². The summed E-state index contributed by atoms with van der Waals surface area (Å²) in [7, 11) is -4.79. The maximum absolute atomic E-state index is 13.0. The van der Waals surface area contributed by atoms with Crippen LogP contribution in [0, 0.1) is 0 Å². The molecule has 0 aliphatic heterocycles. The number of esters is 3. The van der Waals surface area contributed by atoms with Crippen molar-refractivity contribution in [3.05, 3.63) is 134 Å². The molecular weight excluding hydrogens is 1050 g/mol. The summed E-state index contributed by atoms with van der Waals surface area (Å²) in [5, 5.41) is 9.86. The summed E-state index contributed by atoms with van der Waals surface area (Å²) in [6.07, 6.45) is 79.9. The van der Waals surface area contributed by atoms with Crippen molar-refractivity contribution in [1.29, 1.82) is 0 Å². The molecule has 0 saturated heterocycles. The third-order valence-electron chi connectivity index (χ3n) is 13.1. The fourth-order valence-electron chi connectivity index (χ4n) is 8.29. The molecule has 0 heterocycles. The SMILES string of the molecule is CC/C=C\C/C=C\C/C=C\C/C=C\C/C=C\C/C=C\CCC(=O)OCC(COP(=O)(O)OCC(CO)OC(=O)CCCCCCCCCCCCCCCCCCC)OC(=O)CCCCC/C=C\C/C=C\C/C=C\C/C=C\C/C=C\CC. The smallest absolute Gasteiger partial charge is 0.462 e. The minimum absolute atomic E-state index is 0.0873. The Morgan fingerprint density at radius 1 is 0.354 bits per heavy atom. The Bertz CT molecular complexity index is 1890. The maximum Gasteiger partial charge on any atom is 0.472 e. The number of hydrogen-bond acceptors (Lipinski definition) is 10. The van der Waals surface area contributed by atoms with Crippen molar-refractivity contribution in [3.63, 3.8) is 0 Å². The molecule has 82 heavy (non-hydrogen) atoms. The van der Waals surface area contributed by atoms with Crippen LogP contribution in [0.25, 0.3) is 0 Å². The summed E-state index contributed by atoms with van der Waals surface area (Å²) in [6, 6.07) is 0. The van der Waals surface area contributed by atoms with Gasteiger partial charge in [0, 0.05) is 19.3 Å². The number of aliphatic hydroxyl groups excluding tert-OH is 1. The lowest BCUT2D eigenvalue weighted by molar-refractivity contribution is -0.161. The van der Waals surface area contributed by atoms with Gasteiger partial charge in [-0.05, 0) is 103 Å². The zero-order chi connectivity index (χ0) is 59.8. The highest BCUT2D eigenvalue weighted by molar-refractivity contribution is 7.47. The second-order valence-electron chi connectivity index (χ2n) is 20.8. The van der Waals surface area contributed by atoms with Crippen molar-refractivity contribution >= 4 is 25.7 Å². The summed E-state index contributed by atoms with van der Waals surface area (Å²) >= 11 is 0. The zero-order valence-electron chi connectivity index (χ0n) is 51.7. The van der Waals surface area contributed by atoms with E-state index < -0.39 is 64.4 Å². The number of ether oxygens (including phenoxy) is 3. The molecule has 466 valence electrons. The van der Waals surface area contributed by atoms with Gasteiger partial charge in [0.2, 0.25) is 0 Å². The van der Waals surface area contributed by atoms with Crippen LogP contribution in [0.5, 0.6) is 0 Å². The molecule has 2 N–H and O–H groups in total. The fourth-order valence-corrected chi connectivity index (χ4v) is 9.08. The molecule has 0 aliphatic carbocycles. The van der Waals surface area contributed by atoms with Crippen LogP contribution in [0.2, 0.25) is 0 Å².